The van der Waals surface area contributed by atoms with Crippen molar-refractivity contribution in [3.8, 4) is 11.5 Å². The minimum Gasteiger partial charge on any atom is -0.492 e. The van der Waals surface area contributed by atoms with Gasteiger partial charge in [0.15, 0.2) is 11.5 Å². The van der Waals surface area contributed by atoms with Gasteiger partial charge in [0.2, 0.25) is 0 Å². The summed E-state index contributed by atoms with van der Waals surface area (Å²) in [6.07, 6.45) is 0. The van der Waals surface area contributed by atoms with E-state index in [0.717, 1.165) is 15.6 Å². The summed E-state index contributed by atoms with van der Waals surface area (Å²) < 4.78 is 11.4. The molecule has 0 aromatic heterocycles. The molecule has 0 atom stereocenters. The predicted molar refractivity (Wildman–Crippen MR) is 61.0 cm³/mol. The molecule has 5 heteroatoms. The Balaban J connectivity index is 3.35. The first kappa shape index (κ1) is 12.3. The van der Waals surface area contributed by atoms with Gasteiger partial charge in [-0.05, 0) is 34.5 Å². The molecule has 0 aliphatic heterocycles. The Bertz CT molecular complexity index is 355. The van der Waals surface area contributed by atoms with Gasteiger partial charge in [0, 0.05) is 5.56 Å². The van der Waals surface area contributed by atoms with Crippen LogP contribution in [0.5, 0.6) is 11.5 Å². The van der Waals surface area contributed by atoms with Gasteiger partial charge in [-0.2, -0.15) is 0 Å². The molecule has 0 bridgehead atoms. The van der Waals surface area contributed by atoms with Gasteiger partial charge in [0.25, 0.3) is 0 Å². The molecule has 0 saturated heterocycles. The molecular formula is C10H14BrNO3. The molecule has 0 saturated carbocycles. The van der Waals surface area contributed by atoms with Gasteiger partial charge in [-0.1, -0.05) is 0 Å². The first-order valence-corrected chi connectivity index (χ1v) is 5.16. The summed E-state index contributed by atoms with van der Waals surface area (Å²) >= 11 is 3.41. The maximum absolute atomic E-state index is 5.29. The molecule has 1 aromatic carbocycles. The molecule has 2 N–H and O–H groups in total. The largest absolute Gasteiger partial charge is 0.492 e. The molecule has 0 fully saturated rings. The highest BCUT2D eigenvalue weighted by molar-refractivity contribution is 9.10. The van der Waals surface area contributed by atoms with Crippen LogP contribution in [0, 0.1) is 6.92 Å². The predicted octanol–water partition coefficient (Wildman–Crippen LogP) is 2.17. The van der Waals surface area contributed by atoms with Crippen LogP contribution < -0.4 is 15.4 Å². The fourth-order valence-corrected chi connectivity index (χ4v) is 2.12. The van der Waals surface area contributed by atoms with Crippen LogP contribution in [-0.2, 0) is 11.4 Å². The van der Waals surface area contributed by atoms with Crippen molar-refractivity contribution >= 4 is 15.9 Å². The summed E-state index contributed by atoms with van der Waals surface area (Å²) in [5.41, 5.74) is 1.92. The number of ether oxygens (including phenoxy) is 2. The van der Waals surface area contributed by atoms with E-state index in [9.17, 15) is 0 Å². The second kappa shape index (κ2) is 5.34. The molecular weight excluding hydrogens is 262 g/mol. The Morgan fingerprint density at radius 1 is 1.27 bits per heavy atom. The zero-order valence-electron chi connectivity index (χ0n) is 8.96. The molecule has 0 aliphatic rings. The Labute approximate surface area is 97.4 Å². The van der Waals surface area contributed by atoms with E-state index in [0.29, 0.717) is 18.1 Å². The van der Waals surface area contributed by atoms with E-state index < -0.39 is 0 Å². The average Bonchev–Trinajstić information content (AvgIpc) is 2.21. The molecule has 0 radical (unpaired) electrons. The Morgan fingerprint density at radius 3 is 2.33 bits per heavy atom. The van der Waals surface area contributed by atoms with Gasteiger partial charge < -0.3 is 9.47 Å². The van der Waals surface area contributed by atoms with Gasteiger partial charge in [-0.15, -0.1) is 0 Å². The highest BCUT2D eigenvalue weighted by atomic mass is 79.9. The minimum absolute atomic E-state index is 0.290. The van der Waals surface area contributed by atoms with Crippen LogP contribution in [0.4, 0.5) is 0 Å². The van der Waals surface area contributed by atoms with Crippen LogP contribution in [0.15, 0.2) is 10.5 Å². The monoisotopic (exact) mass is 275 g/mol. The standard InChI is InChI=1S/C10H14BrNO3/c1-6-4-8(11)10(14-3)9(13-2)7(6)5-15-12/h4H,5,12H2,1-3H3. The zero-order chi connectivity index (χ0) is 11.4. The van der Waals surface area contributed by atoms with E-state index in [2.05, 4.69) is 20.8 Å². The smallest absolute Gasteiger partial charge is 0.175 e. The van der Waals surface area contributed by atoms with E-state index in [-0.39, 0.29) is 0 Å². The lowest BCUT2D eigenvalue weighted by Crippen LogP contribution is -2.05. The molecule has 84 valence electrons. The summed E-state index contributed by atoms with van der Waals surface area (Å²) in [6, 6.07) is 1.94. The van der Waals surface area contributed by atoms with Gasteiger partial charge >= 0.3 is 0 Å². The van der Waals surface area contributed by atoms with E-state index in [1.165, 1.54) is 0 Å². The number of aryl methyl sites for hydroxylation is 1. The molecule has 0 unspecified atom stereocenters. The molecule has 0 heterocycles. The fourth-order valence-electron chi connectivity index (χ4n) is 1.44. The lowest BCUT2D eigenvalue weighted by Gasteiger charge is -2.15. The van der Waals surface area contributed by atoms with Crippen molar-refractivity contribution in [3.05, 3.63) is 21.7 Å². The fraction of sp³-hybridized carbons (Fsp3) is 0.400. The Morgan fingerprint density at radius 2 is 1.87 bits per heavy atom. The quantitative estimate of drug-likeness (QED) is 0.856. The summed E-state index contributed by atoms with van der Waals surface area (Å²) in [7, 11) is 3.18. The van der Waals surface area contributed by atoms with Crippen molar-refractivity contribution in [2.45, 2.75) is 13.5 Å². The third-order valence-electron chi connectivity index (χ3n) is 2.15. The Kier molecular flexibility index (Phi) is 4.38. The molecule has 15 heavy (non-hydrogen) atoms. The first-order chi connectivity index (χ1) is 7.15. The summed E-state index contributed by atoms with van der Waals surface area (Å²) in [5.74, 6) is 6.37. The van der Waals surface area contributed by atoms with Crippen LogP contribution in [0.3, 0.4) is 0 Å². The number of hydrogen-bond donors (Lipinski definition) is 1. The lowest BCUT2D eigenvalue weighted by molar-refractivity contribution is 0.121. The van der Waals surface area contributed by atoms with Crippen LogP contribution in [0.2, 0.25) is 0 Å². The highest BCUT2D eigenvalue weighted by Crippen LogP contribution is 2.40. The van der Waals surface area contributed by atoms with Crippen molar-refractivity contribution in [1.29, 1.82) is 0 Å². The van der Waals surface area contributed by atoms with Crippen LogP contribution in [-0.4, -0.2) is 14.2 Å². The van der Waals surface area contributed by atoms with Gasteiger partial charge in [-0.3, -0.25) is 4.84 Å². The van der Waals surface area contributed by atoms with Crippen LogP contribution in [0.25, 0.3) is 0 Å². The summed E-state index contributed by atoms with van der Waals surface area (Å²) in [5, 5.41) is 0. The Hall–Kier alpha value is -0.780. The summed E-state index contributed by atoms with van der Waals surface area (Å²) in [4.78, 5) is 4.64. The van der Waals surface area contributed by atoms with Crippen LogP contribution >= 0.6 is 15.9 Å². The van der Waals surface area contributed by atoms with Crippen molar-refractivity contribution in [2.24, 2.45) is 5.90 Å². The number of rotatable bonds is 4. The molecule has 4 nitrogen and oxygen atoms in total. The number of hydrogen-bond acceptors (Lipinski definition) is 4. The molecule has 0 aliphatic carbocycles. The molecule has 1 aromatic rings. The van der Waals surface area contributed by atoms with Crippen molar-refractivity contribution in [3.63, 3.8) is 0 Å². The third kappa shape index (κ3) is 2.42. The minimum atomic E-state index is 0.290. The molecule has 0 amide bonds. The maximum atomic E-state index is 5.29. The third-order valence-corrected chi connectivity index (χ3v) is 2.74. The topological polar surface area (TPSA) is 53.7 Å². The second-order valence-corrected chi connectivity index (χ2v) is 3.89. The molecule has 0 spiro atoms. The second-order valence-electron chi connectivity index (χ2n) is 3.03. The van der Waals surface area contributed by atoms with E-state index in [4.69, 9.17) is 15.4 Å². The number of halogens is 1. The number of methoxy groups -OCH3 is 2. The van der Waals surface area contributed by atoms with E-state index in [1.807, 2.05) is 13.0 Å². The highest BCUT2D eigenvalue weighted by Gasteiger charge is 2.16. The lowest BCUT2D eigenvalue weighted by atomic mass is 10.1. The number of nitrogens with two attached hydrogens (primary N) is 1. The van der Waals surface area contributed by atoms with Crippen LogP contribution in [0.1, 0.15) is 11.1 Å². The SMILES string of the molecule is COc1c(Br)cc(C)c(CON)c1OC. The normalized spacial score (nSPS) is 10.2. The van der Waals surface area contributed by atoms with Gasteiger partial charge in [-0.25, -0.2) is 5.90 Å². The van der Waals surface area contributed by atoms with E-state index >= 15 is 0 Å². The van der Waals surface area contributed by atoms with E-state index in [1.54, 1.807) is 14.2 Å². The maximum Gasteiger partial charge on any atom is 0.175 e. The van der Waals surface area contributed by atoms with Crippen molar-refractivity contribution < 1.29 is 14.3 Å². The van der Waals surface area contributed by atoms with Crippen molar-refractivity contribution in [1.82, 2.24) is 0 Å². The summed E-state index contributed by atoms with van der Waals surface area (Å²) in [6.45, 7) is 2.25. The van der Waals surface area contributed by atoms with Gasteiger partial charge in [0.05, 0.1) is 25.3 Å². The first-order valence-electron chi connectivity index (χ1n) is 4.37. The average molecular weight is 276 g/mol. The van der Waals surface area contributed by atoms with Gasteiger partial charge in [0.1, 0.15) is 0 Å². The van der Waals surface area contributed by atoms with Crippen molar-refractivity contribution in [2.75, 3.05) is 14.2 Å². The molecule has 1 rings (SSSR count). The zero-order valence-corrected chi connectivity index (χ0v) is 10.6. The number of benzene rings is 1.